The topological polar surface area (TPSA) is 59.2 Å². The molecule has 0 aliphatic carbocycles. The van der Waals surface area contributed by atoms with Gasteiger partial charge in [-0.1, -0.05) is 48.5 Å². The molecule has 1 aliphatic rings. The Morgan fingerprint density at radius 1 is 1.10 bits per heavy atom. The van der Waals surface area contributed by atoms with E-state index in [4.69, 9.17) is 10.7 Å². The summed E-state index contributed by atoms with van der Waals surface area (Å²) in [5, 5.41) is 0.908. The van der Waals surface area contributed by atoms with Gasteiger partial charge in [-0.3, -0.25) is 4.79 Å². The molecule has 6 heteroatoms. The van der Waals surface area contributed by atoms with Crippen molar-refractivity contribution < 1.29 is 4.79 Å². The highest BCUT2D eigenvalue weighted by molar-refractivity contribution is 6.07. The Kier molecular flexibility index (Phi) is 8.03. The Labute approximate surface area is 184 Å². The van der Waals surface area contributed by atoms with E-state index >= 15 is 0 Å². The van der Waals surface area contributed by atoms with Crippen LogP contribution in [-0.2, 0) is 0 Å². The van der Waals surface area contributed by atoms with Crippen LogP contribution in [0.4, 0.5) is 0 Å². The number of halogens is 2. The second kappa shape index (κ2) is 10.1. The molecule has 2 unspecified atom stereocenters. The van der Waals surface area contributed by atoms with Crippen molar-refractivity contribution >= 4 is 41.6 Å². The minimum Gasteiger partial charge on any atom is -0.338 e. The third-order valence-electron chi connectivity index (χ3n) is 5.50. The predicted molar refractivity (Wildman–Crippen MR) is 124 cm³/mol. The Morgan fingerprint density at radius 2 is 1.79 bits per heavy atom. The first kappa shape index (κ1) is 23.1. The molecule has 2 N–H and O–H groups in total. The van der Waals surface area contributed by atoms with Crippen LogP contribution in [0.2, 0.25) is 0 Å². The molecule has 29 heavy (non-hydrogen) atoms. The molecular weight excluding hydrogens is 405 g/mol. The second-order valence-corrected chi connectivity index (χ2v) is 7.45. The molecule has 0 radical (unpaired) electrons. The van der Waals surface area contributed by atoms with E-state index in [-0.39, 0.29) is 36.8 Å². The van der Waals surface area contributed by atoms with Gasteiger partial charge in [0.1, 0.15) is 0 Å². The fraction of sp³-hybridized carbons (Fsp3) is 0.304. The Balaban J connectivity index is 0.00000150. The number of rotatable bonds is 3. The van der Waals surface area contributed by atoms with E-state index in [0.717, 1.165) is 53.7 Å². The van der Waals surface area contributed by atoms with Crippen LogP contribution in [0.3, 0.4) is 0 Å². The fourth-order valence-corrected chi connectivity index (χ4v) is 3.90. The number of nitrogens with two attached hydrogens (primary N) is 1. The monoisotopic (exact) mass is 431 g/mol. The standard InChI is InChI=1S/C23H25N3O.2ClH/c1-16(24)18-10-7-13-26(15-18)23(27)20-14-22(17-8-3-2-4-9-17)25-21-12-6-5-11-19(20)21;;/h2-6,8-9,11-12,14,16,18H,7,10,13,15,24H2,1H3;2*1H. The first-order valence-corrected chi connectivity index (χ1v) is 9.63. The molecule has 0 spiro atoms. The van der Waals surface area contributed by atoms with Crippen molar-refractivity contribution in [3.8, 4) is 11.3 Å². The van der Waals surface area contributed by atoms with E-state index in [1.54, 1.807) is 0 Å². The first-order valence-electron chi connectivity index (χ1n) is 9.63. The van der Waals surface area contributed by atoms with Gasteiger partial charge in [0.15, 0.2) is 0 Å². The van der Waals surface area contributed by atoms with Crippen LogP contribution in [0.15, 0.2) is 60.7 Å². The molecule has 1 saturated heterocycles. The van der Waals surface area contributed by atoms with Crippen LogP contribution in [0.25, 0.3) is 22.2 Å². The Bertz CT molecular complexity index is 963. The van der Waals surface area contributed by atoms with Gasteiger partial charge in [-0.25, -0.2) is 4.98 Å². The summed E-state index contributed by atoms with van der Waals surface area (Å²) in [7, 11) is 0. The number of piperidine rings is 1. The van der Waals surface area contributed by atoms with Crippen molar-refractivity contribution in [1.82, 2.24) is 9.88 Å². The number of hydrogen-bond donors (Lipinski definition) is 1. The molecule has 4 nitrogen and oxygen atoms in total. The minimum atomic E-state index is 0. The molecule has 1 aromatic heterocycles. The molecule has 154 valence electrons. The highest BCUT2D eigenvalue weighted by Crippen LogP contribution is 2.27. The lowest BCUT2D eigenvalue weighted by Gasteiger charge is -2.35. The van der Waals surface area contributed by atoms with Crippen LogP contribution in [0.1, 0.15) is 30.1 Å². The summed E-state index contributed by atoms with van der Waals surface area (Å²) in [6.07, 6.45) is 2.10. The number of pyridine rings is 1. The van der Waals surface area contributed by atoms with Crippen LogP contribution in [0.5, 0.6) is 0 Å². The maximum atomic E-state index is 13.4. The van der Waals surface area contributed by atoms with Crippen molar-refractivity contribution in [2.45, 2.75) is 25.8 Å². The van der Waals surface area contributed by atoms with Gasteiger partial charge >= 0.3 is 0 Å². The predicted octanol–water partition coefficient (Wildman–Crippen LogP) is 4.94. The van der Waals surface area contributed by atoms with E-state index in [0.29, 0.717) is 5.92 Å². The van der Waals surface area contributed by atoms with E-state index in [2.05, 4.69) is 0 Å². The molecule has 1 amide bonds. The number of carbonyl (C=O) groups is 1. The van der Waals surface area contributed by atoms with Gasteiger partial charge in [0, 0.05) is 30.1 Å². The third-order valence-corrected chi connectivity index (χ3v) is 5.50. The van der Waals surface area contributed by atoms with Crippen molar-refractivity contribution in [2.24, 2.45) is 11.7 Å². The largest absolute Gasteiger partial charge is 0.338 e. The van der Waals surface area contributed by atoms with E-state index in [1.165, 1.54) is 0 Å². The highest BCUT2D eigenvalue weighted by Gasteiger charge is 2.27. The summed E-state index contributed by atoms with van der Waals surface area (Å²) in [6.45, 7) is 3.56. The maximum absolute atomic E-state index is 13.4. The smallest absolute Gasteiger partial charge is 0.254 e. The SMILES string of the molecule is CC(N)C1CCCN(C(=O)c2cc(-c3ccccc3)nc3ccccc23)C1.Cl.Cl. The van der Waals surface area contributed by atoms with Gasteiger partial charge in [0.25, 0.3) is 5.91 Å². The van der Waals surface area contributed by atoms with E-state index in [9.17, 15) is 4.79 Å². The van der Waals surface area contributed by atoms with Crippen LogP contribution in [0, 0.1) is 5.92 Å². The van der Waals surface area contributed by atoms with Crippen LogP contribution in [-0.4, -0.2) is 34.9 Å². The summed E-state index contributed by atoms with van der Waals surface area (Å²) in [4.78, 5) is 20.2. The average Bonchev–Trinajstić information content (AvgIpc) is 2.73. The number of benzene rings is 2. The van der Waals surface area contributed by atoms with Crippen LogP contribution < -0.4 is 5.73 Å². The average molecular weight is 432 g/mol. The molecule has 4 rings (SSSR count). The molecule has 0 saturated carbocycles. The Morgan fingerprint density at radius 3 is 2.52 bits per heavy atom. The number of para-hydroxylation sites is 1. The first-order chi connectivity index (χ1) is 13.1. The lowest BCUT2D eigenvalue weighted by atomic mass is 9.91. The summed E-state index contributed by atoms with van der Waals surface area (Å²) >= 11 is 0. The minimum absolute atomic E-state index is 0. The van der Waals surface area contributed by atoms with Gasteiger partial charge in [0.05, 0.1) is 16.8 Å². The number of nitrogens with zero attached hydrogens (tertiary/aromatic N) is 2. The van der Waals surface area contributed by atoms with Gasteiger partial charge in [-0.05, 0) is 37.8 Å². The number of aromatic nitrogens is 1. The number of fused-ring (bicyclic) bond motifs is 1. The number of amides is 1. The number of hydrogen-bond acceptors (Lipinski definition) is 3. The van der Waals surface area contributed by atoms with Gasteiger partial charge in [0.2, 0.25) is 0 Å². The zero-order chi connectivity index (χ0) is 18.8. The van der Waals surface area contributed by atoms with Crippen molar-refractivity contribution in [1.29, 1.82) is 0 Å². The number of likely N-dealkylation sites (tertiary alicyclic amines) is 1. The fourth-order valence-electron chi connectivity index (χ4n) is 3.90. The Hall–Kier alpha value is -2.14. The molecule has 2 aromatic carbocycles. The number of carbonyl (C=O) groups excluding carboxylic acids is 1. The molecule has 1 aliphatic heterocycles. The summed E-state index contributed by atoms with van der Waals surface area (Å²) in [6, 6.07) is 19.9. The molecule has 2 atom stereocenters. The third kappa shape index (κ3) is 4.89. The summed E-state index contributed by atoms with van der Waals surface area (Å²) in [5.74, 6) is 0.445. The van der Waals surface area contributed by atoms with E-state index < -0.39 is 0 Å². The van der Waals surface area contributed by atoms with Gasteiger partial charge in [-0.15, -0.1) is 24.8 Å². The van der Waals surface area contributed by atoms with E-state index in [1.807, 2.05) is 72.5 Å². The molecule has 1 fully saturated rings. The van der Waals surface area contributed by atoms with Crippen molar-refractivity contribution in [3.63, 3.8) is 0 Å². The van der Waals surface area contributed by atoms with Crippen LogP contribution >= 0.6 is 24.8 Å². The van der Waals surface area contributed by atoms with Crippen molar-refractivity contribution in [3.05, 3.63) is 66.2 Å². The zero-order valence-electron chi connectivity index (χ0n) is 16.5. The molecule has 3 aromatic rings. The lowest BCUT2D eigenvalue weighted by Crippen LogP contribution is -2.45. The highest BCUT2D eigenvalue weighted by atomic mass is 35.5. The van der Waals surface area contributed by atoms with Gasteiger partial charge in [-0.2, -0.15) is 0 Å². The quantitative estimate of drug-likeness (QED) is 0.638. The zero-order valence-corrected chi connectivity index (χ0v) is 18.1. The summed E-state index contributed by atoms with van der Waals surface area (Å²) in [5.41, 5.74) is 9.54. The van der Waals surface area contributed by atoms with Crippen molar-refractivity contribution in [2.75, 3.05) is 13.1 Å². The normalized spacial score (nSPS) is 17.2. The second-order valence-electron chi connectivity index (χ2n) is 7.45. The molecule has 0 bridgehead atoms. The lowest BCUT2D eigenvalue weighted by molar-refractivity contribution is 0.0663. The molecular formula is C23H27Cl2N3O. The summed E-state index contributed by atoms with van der Waals surface area (Å²) < 4.78 is 0. The maximum Gasteiger partial charge on any atom is 0.254 e. The molecule has 2 heterocycles. The van der Waals surface area contributed by atoms with Gasteiger partial charge < -0.3 is 10.6 Å².